The number of para-hydroxylation sites is 1. The number of nitrogens with two attached hydrogens (primary N) is 1. The van der Waals surface area contributed by atoms with Crippen molar-refractivity contribution in [2.24, 2.45) is 4.99 Å². The van der Waals surface area contributed by atoms with Gasteiger partial charge in [0.2, 0.25) is 6.41 Å². The Morgan fingerprint density at radius 3 is 2.23 bits per heavy atom. The Balaban J connectivity index is 0.00000116. The Kier molecular flexibility index (Phi) is 6.83. The van der Waals surface area contributed by atoms with Gasteiger partial charge in [-0.2, -0.15) is 0 Å². The SMILES string of the molecule is CC.CC(=Nc1ccccc1C)N(C=O)c1ccc(N)cc1. The summed E-state index contributed by atoms with van der Waals surface area (Å²) in [6, 6.07) is 14.9. The summed E-state index contributed by atoms with van der Waals surface area (Å²) in [5, 5.41) is 0. The number of nitrogens with zero attached hydrogens (tertiary/aromatic N) is 2. The molecule has 0 aromatic heterocycles. The van der Waals surface area contributed by atoms with Gasteiger partial charge in [0.25, 0.3) is 0 Å². The van der Waals surface area contributed by atoms with Crippen LogP contribution in [0.3, 0.4) is 0 Å². The predicted molar refractivity (Wildman–Crippen MR) is 94.7 cm³/mol. The number of amides is 1. The highest BCUT2D eigenvalue weighted by Crippen LogP contribution is 2.20. The number of benzene rings is 2. The fourth-order valence-corrected chi connectivity index (χ4v) is 1.88. The molecule has 0 aliphatic carbocycles. The van der Waals surface area contributed by atoms with E-state index in [-0.39, 0.29) is 0 Å². The molecule has 0 spiro atoms. The third-order valence-corrected chi connectivity index (χ3v) is 3.02. The minimum atomic E-state index is 0.610. The van der Waals surface area contributed by atoms with Crippen molar-refractivity contribution in [1.29, 1.82) is 0 Å². The molecule has 22 heavy (non-hydrogen) atoms. The number of hydrogen-bond donors (Lipinski definition) is 1. The number of rotatable bonds is 3. The van der Waals surface area contributed by atoms with Gasteiger partial charge < -0.3 is 5.73 Å². The lowest BCUT2D eigenvalue weighted by Gasteiger charge is -2.17. The lowest BCUT2D eigenvalue weighted by molar-refractivity contribution is -0.106. The summed E-state index contributed by atoms with van der Waals surface area (Å²) in [7, 11) is 0. The first-order valence-corrected chi connectivity index (χ1v) is 7.33. The molecule has 116 valence electrons. The Hall–Kier alpha value is -2.62. The second-order valence-electron chi connectivity index (χ2n) is 4.51. The van der Waals surface area contributed by atoms with Gasteiger partial charge in [-0.15, -0.1) is 0 Å². The molecule has 2 rings (SSSR count). The monoisotopic (exact) mass is 297 g/mol. The van der Waals surface area contributed by atoms with Gasteiger partial charge in [-0.05, 0) is 49.7 Å². The molecular weight excluding hydrogens is 274 g/mol. The number of anilines is 2. The molecule has 1 amide bonds. The van der Waals surface area contributed by atoms with E-state index in [1.807, 2.05) is 45.0 Å². The van der Waals surface area contributed by atoms with E-state index in [1.54, 1.807) is 31.2 Å². The van der Waals surface area contributed by atoms with Crippen LogP contribution in [0.1, 0.15) is 26.3 Å². The molecule has 0 bridgehead atoms. The molecule has 4 nitrogen and oxygen atoms in total. The molecule has 2 N–H and O–H groups in total. The van der Waals surface area contributed by atoms with Crippen molar-refractivity contribution in [3.05, 3.63) is 54.1 Å². The number of carbonyl (C=O) groups excluding carboxylic acids is 1. The second-order valence-corrected chi connectivity index (χ2v) is 4.51. The van der Waals surface area contributed by atoms with E-state index < -0.39 is 0 Å². The Labute approximate surface area is 132 Å². The predicted octanol–water partition coefficient (Wildman–Crippen LogP) is 4.32. The maximum absolute atomic E-state index is 11.3. The summed E-state index contributed by atoms with van der Waals surface area (Å²) in [6.45, 7) is 7.79. The fraction of sp³-hybridized carbons (Fsp3) is 0.222. The molecule has 0 aliphatic rings. The number of aryl methyl sites for hydroxylation is 1. The normalized spacial score (nSPS) is 10.5. The summed E-state index contributed by atoms with van der Waals surface area (Å²) < 4.78 is 0. The third kappa shape index (κ3) is 4.45. The van der Waals surface area contributed by atoms with E-state index in [0.717, 1.165) is 23.3 Å². The molecule has 0 fully saturated rings. The van der Waals surface area contributed by atoms with E-state index in [1.165, 1.54) is 4.90 Å². The zero-order valence-electron chi connectivity index (χ0n) is 13.6. The number of amidine groups is 1. The Bertz CT molecular complexity index is 633. The third-order valence-electron chi connectivity index (χ3n) is 3.02. The van der Waals surface area contributed by atoms with Crippen molar-refractivity contribution in [3.8, 4) is 0 Å². The van der Waals surface area contributed by atoms with Crippen molar-refractivity contribution in [2.45, 2.75) is 27.7 Å². The molecule has 0 unspecified atom stereocenters. The zero-order chi connectivity index (χ0) is 16.5. The lowest BCUT2D eigenvalue weighted by atomic mass is 10.2. The molecule has 0 atom stereocenters. The van der Waals surface area contributed by atoms with Gasteiger partial charge in [-0.3, -0.25) is 9.69 Å². The van der Waals surface area contributed by atoms with Crippen LogP contribution in [-0.4, -0.2) is 12.2 Å². The van der Waals surface area contributed by atoms with E-state index in [0.29, 0.717) is 11.5 Å². The van der Waals surface area contributed by atoms with Crippen molar-refractivity contribution >= 4 is 29.3 Å². The van der Waals surface area contributed by atoms with Crippen LogP contribution in [-0.2, 0) is 4.79 Å². The van der Waals surface area contributed by atoms with Crippen LogP contribution in [0, 0.1) is 6.92 Å². The van der Waals surface area contributed by atoms with Gasteiger partial charge in [-0.25, -0.2) is 4.99 Å². The van der Waals surface area contributed by atoms with Crippen LogP contribution >= 0.6 is 0 Å². The smallest absolute Gasteiger partial charge is 0.219 e. The number of nitrogen functional groups attached to an aromatic ring is 1. The summed E-state index contributed by atoms with van der Waals surface area (Å²) in [4.78, 5) is 17.3. The highest BCUT2D eigenvalue weighted by Gasteiger charge is 2.09. The van der Waals surface area contributed by atoms with Crippen LogP contribution in [0.15, 0.2) is 53.5 Å². The zero-order valence-corrected chi connectivity index (χ0v) is 13.6. The van der Waals surface area contributed by atoms with Gasteiger partial charge in [0.15, 0.2) is 0 Å². The minimum absolute atomic E-state index is 0.610. The summed E-state index contributed by atoms with van der Waals surface area (Å²) in [5.41, 5.74) is 8.97. The summed E-state index contributed by atoms with van der Waals surface area (Å²) in [5.74, 6) is 0.610. The quantitative estimate of drug-likeness (QED) is 0.397. The first-order chi connectivity index (χ1) is 10.6. The van der Waals surface area contributed by atoms with Crippen LogP contribution in [0.4, 0.5) is 17.1 Å². The van der Waals surface area contributed by atoms with Gasteiger partial charge in [0, 0.05) is 11.4 Å². The number of aliphatic imine (C=N–C) groups is 1. The topological polar surface area (TPSA) is 58.7 Å². The largest absolute Gasteiger partial charge is 0.399 e. The fourth-order valence-electron chi connectivity index (χ4n) is 1.88. The van der Waals surface area contributed by atoms with Crippen molar-refractivity contribution in [2.75, 3.05) is 10.6 Å². The molecule has 0 heterocycles. The maximum Gasteiger partial charge on any atom is 0.219 e. The molecule has 0 saturated carbocycles. The van der Waals surface area contributed by atoms with E-state index in [9.17, 15) is 4.79 Å². The van der Waals surface area contributed by atoms with E-state index in [2.05, 4.69) is 4.99 Å². The molecule has 0 radical (unpaired) electrons. The summed E-state index contributed by atoms with van der Waals surface area (Å²) >= 11 is 0. The van der Waals surface area contributed by atoms with Gasteiger partial charge in [-0.1, -0.05) is 32.0 Å². The van der Waals surface area contributed by atoms with Crippen molar-refractivity contribution in [3.63, 3.8) is 0 Å². The average molecular weight is 297 g/mol. The minimum Gasteiger partial charge on any atom is -0.399 e. The lowest BCUT2D eigenvalue weighted by Crippen LogP contribution is -2.26. The van der Waals surface area contributed by atoms with Gasteiger partial charge in [0.1, 0.15) is 5.84 Å². The van der Waals surface area contributed by atoms with Crippen LogP contribution in [0.5, 0.6) is 0 Å². The molecule has 0 saturated heterocycles. The van der Waals surface area contributed by atoms with Crippen molar-refractivity contribution < 1.29 is 4.79 Å². The first-order valence-electron chi connectivity index (χ1n) is 7.33. The molecule has 2 aromatic rings. The molecule has 4 heteroatoms. The van der Waals surface area contributed by atoms with Gasteiger partial charge >= 0.3 is 0 Å². The second kappa shape index (κ2) is 8.62. The molecule has 0 aliphatic heterocycles. The Morgan fingerprint density at radius 1 is 1.09 bits per heavy atom. The van der Waals surface area contributed by atoms with Crippen LogP contribution in [0.25, 0.3) is 0 Å². The Morgan fingerprint density at radius 2 is 1.68 bits per heavy atom. The molecule has 2 aromatic carbocycles. The highest BCUT2D eigenvalue weighted by atomic mass is 16.1. The van der Waals surface area contributed by atoms with E-state index >= 15 is 0 Å². The summed E-state index contributed by atoms with van der Waals surface area (Å²) in [6.07, 6.45) is 0.753. The average Bonchev–Trinajstić information content (AvgIpc) is 2.54. The van der Waals surface area contributed by atoms with E-state index in [4.69, 9.17) is 5.73 Å². The highest BCUT2D eigenvalue weighted by molar-refractivity contribution is 6.09. The van der Waals surface area contributed by atoms with Gasteiger partial charge in [0.05, 0.1) is 5.69 Å². The number of carbonyl (C=O) groups is 1. The van der Waals surface area contributed by atoms with Crippen LogP contribution < -0.4 is 10.6 Å². The van der Waals surface area contributed by atoms with Crippen molar-refractivity contribution in [1.82, 2.24) is 0 Å². The first kappa shape index (κ1) is 17.4. The van der Waals surface area contributed by atoms with Crippen LogP contribution in [0.2, 0.25) is 0 Å². The molecular formula is C18H23N3O. The maximum atomic E-state index is 11.3. The standard InChI is InChI=1S/C16H17N3O.C2H6/c1-12-5-3-4-6-16(12)18-13(2)19(11-20)15-9-7-14(17)8-10-15;1-2/h3-11H,17H2,1-2H3;1-2H3. The number of hydrogen-bond acceptors (Lipinski definition) is 3.